The SMILES string of the molecule is CCCCC/C=C/C/C=C/C/C=C/C/C=C/CCCC(=O)S[C@H](COCCCCCCCCCCCCCCCC)COP(=O)(O)OCCBr. The Bertz CT molecular complexity index is 909. The summed E-state index contributed by atoms with van der Waals surface area (Å²) in [5, 5.41) is 0.113. The van der Waals surface area contributed by atoms with Gasteiger partial charge in [0.2, 0.25) is 0 Å². The third-order valence-corrected chi connectivity index (χ3v) is 10.6. The Labute approximate surface area is 320 Å². The molecule has 0 amide bonds. The van der Waals surface area contributed by atoms with E-state index < -0.39 is 7.82 Å². The molecular formula is C41H74BrO6PS. The summed E-state index contributed by atoms with van der Waals surface area (Å²) in [5.41, 5.74) is 0. The lowest BCUT2D eigenvalue weighted by atomic mass is 10.0. The van der Waals surface area contributed by atoms with Crippen LogP contribution in [0.25, 0.3) is 0 Å². The highest BCUT2D eigenvalue weighted by molar-refractivity contribution is 9.09. The van der Waals surface area contributed by atoms with E-state index >= 15 is 0 Å². The molecule has 0 heterocycles. The average molecular weight is 806 g/mol. The molecule has 0 spiro atoms. The molecule has 0 aromatic carbocycles. The summed E-state index contributed by atoms with van der Waals surface area (Å²) >= 11 is 4.33. The molecule has 0 radical (unpaired) electrons. The highest BCUT2D eigenvalue weighted by Gasteiger charge is 2.24. The van der Waals surface area contributed by atoms with Gasteiger partial charge < -0.3 is 9.63 Å². The number of hydrogen-bond acceptors (Lipinski definition) is 6. The summed E-state index contributed by atoms with van der Waals surface area (Å²) in [5.74, 6) is 0. The zero-order valence-electron chi connectivity index (χ0n) is 31.9. The molecule has 0 rings (SSSR count). The van der Waals surface area contributed by atoms with Crippen molar-refractivity contribution >= 4 is 40.6 Å². The van der Waals surface area contributed by atoms with E-state index in [-0.39, 0.29) is 23.6 Å². The highest BCUT2D eigenvalue weighted by Crippen LogP contribution is 2.43. The summed E-state index contributed by atoms with van der Waals surface area (Å²) < 4.78 is 28.2. The fourth-order valence-electron chi connectivity index (χ4n) is 5.26. The van der Waals surface area contributed by atoms with Crippen molar-refractivity contribution in [3.05, 3.63) is 48.6 Å². The molecule has 2 atom stereocenters. The van der Waals surface area contributed by atoms with Crippen LogP contribution in [0.2, 0.25) is 0 Å². The van der Waals surface area contributed by atoms with Crippen LogP contribution >= 0.6 is 35.5 Å². The van der Waals surface area contributed by atoms with Crippen molar-refractivity contribution in [3.63, 3.8) is 0 Å². The molecule has 0 saturated heterocycles. The van der Waals surface area contributed by atoms with Gasteiger partial charge in [0.15, 0.2) is 5.12 Å². The van der Waals surface area contributed by atoms with E-state index in [9.17, 15) is 14.3 Å². The third kappa shape index (κ3) is 38.8. The van der Waals surface area contributed by atoms with Gasteiger partial charge in [0.25, 0.3) is 0 Å². The third-order valence-electron chi connectivity index (χ3n) is 8.21. The van der Waals surface area contributed by atoms with Crippen molar-refractivity contribution in [2.45, 2.75) is 173 Å². The first-order chi connectivity index (χ1) is 24.4. The first-order valence-electron chi connectivity index (χ1n) is 20.0. The summed E-state index contributed by atoms with van der Waals surface area (Å²) in [6, 6.07) is 0. The molecule has 1 unspecified atom stereocenters. The monoisotopic (exact) mass is 804 g/mol. The molecule has 0 aliphatic carbocycles. The fraction of sp³-hybridized carbons (Fsp3) is 0.780. The maximum Gasteiger partial charge on any atom is 0.472 e. The largest absolute Gasteiger partial charge is 0.472 e. The van der Waals surface area contributed by atoms with Crippen LogP contribution in [0, 0.1) is 0 Å². The number of unbranched alkanes of at least 4 members (excludes halogenated alkanes) is 17. The molecule has 6 nitrogen and oxygen atoms in total. The lowest BCUT2D eigenvalue weighted by Gasteiger charge is -2.18. The standard InChI is InChI=1S/C41H74BrO6PS/c1-3-5-7-9-11-13-15-17-19-20-21-22-24-26-28-30-32-34-41(43)50-40(39-48-49(44,45)47-37-35-42)38-46-36-33-31-29-27-25-23-18-16-14-12-10-8-6-4-2/h11,13,17,19,21-22,26,28,40H,3-10,12,14-16,18,20,23-25,27,29-39H2,1-2H3,(H,44,45)/b13-11+,19-17+,22-21+,28-26+/t40-/m1/s1. The van der Waals surface area contributed by atoms with Crippen molar-refractivity contribution < 1.29 is 28.0 Å². The quantitative estimate of drug-likeness (QED) is 0.0288. The zero-order chi connectivity index (χ0) is 36.6. The lowest BCUT2D eigenvalue weighted by Crippen LogP contribution is -2.21. The molecule has 0 aromatic heterocycles. The Morgan fingerprint density at radius 2 is 1.08 bits per heavy atom. The van der Waals surface area contributed by atoms with Gasteiger partial charge in [0, 0.05) is 18.4 Å². The van der Waals surface area contributed by atoms with E-state index in [4.69, 9.17) is 13.8 Å². The molecule has 0 aromatic rings. The number of phosphoric ester groups is 1. The van der Waals surface area contributed by atoms with Crippen molar-refractivity contribution in [2.75, 3.05) is 31.8 Å². The number of carbonyl (C=O) groups is 1. The normalized spacial score (nSPS) is 14.2. The number of alkyl halides is 1. The molecule has 0 aliphatic heterocycles. The second-order valence-corrected chi connectivity index (χ2v) is 16.7. The number of carbonyl (C=O) groups excluding carboxylic acids is 1. The second kappa shape index (κ2) is 39.7. The van der Waals surface area contributed by atoms with Crippen LogP contribution in [0.1, 0.15) is 168 Å². The molecule has 9 heteroatoms. The molecule has 0 fully saturated rings. The van der Waals surface area contributed by atoms with Gasteiger partial charge in [0.05, 0.1) is 25.1 Å². The Hall–Kier alpha value is -0.470. The van der Waals surface area contributed by atoms with Crippen molar-refractivity contribution in [1.82, 2.24) is 0 Å². The van der Waals surface area contributed by atoms with Gasteiger partial charge in [-0.15, -0.1) is 0 Å². The van der Waals surface area contributed by atoms with E-state index in [0.717, 1.165) is 56.7 Å². The van der Waals surface area contributed by atoms with Gasteiger partial charge in [-0.1, -0.05) is 186 Å². The fourth-order valence-corrected chi connectivity index (χ4v) is 7.48. The topological polar surface area (TPSA) is 82.1 Å². The molecule has 0 bridgehead atoms. The lowest BCUT2D eigenvalue weighted by molar-refractivity contribution is -0.111. The van der Waals surface area contributed by atoms with Crippen LogP contribution in [0.4, 0.5) is 0 Å². The van der Waals surface area contributed by atoms with Gasteiger partial charge in [-0.3, -0.25) is 13.8 Å². The minimum atomic E-state index is -4.17. The van der Waals surface area contributed by atoms with Crippen LogP contribution < -0.4 is 0 Å². The van der Waals surface area contributed by atoms with Crippen LogP contribution in [-0.2, 0) is 23.1 Å². The number of rotatable bonds is 38. The van der Waals surface area contributed by atoms with Crippen molar-refractivity contribution in [3.8, 4) is 0 Å². The maximum atomic E-state index is 12.7. The number of ether oxygens (including phenoxy) is 1. The predicted octanol–water partition coefficient (Wildman–Crippen LogP) is 13.8. The first-order valence-corrected chi connectivity index (χ1v) is 23.5. The smallest absolute Gasteiger partial charge is 0.380 e. The highest BCUT2D eigenvalue weighted by atomic mass is 79.9. The Morgan fingerprint density at radius 3 is 1.60 bits per heavy atom. The van der Waals surface area contributed by atoms with Gasteiger partial charge in [-0.25, -0.2) is 4.57 Å². The maximum absolute atomic E-state index is 12.7. The van der Waals surface area contributed by atoms with Crippen LogP contribution in [0.3, 0.4) is 0 Å². The number of allylic oxidation sites excluding steroid dienone is 8. The van der Waals surface area contributed by atoms with Crippen molar-refractivity contribution in [2.24, 2.45) is 0 Å². The van der Waals surface area contributed by atoms with Crippen LogP contribution in [0.15, 0.2) is 48.6 Å². The van der Waals surface area contributed by atoms with Gasteiger partial charge in [-0.2, -0.15) is 0 Å². The molecule has 1 N–H and O–H groups in total. The molecule has 50 heavy (non-hydrogen) atoms. The second-order valence-electron chi connectivity index (χ2n) is 13.1. The number of phosphoric acid groups is 1. The minimum absolute atomic E-state index is 0.0451. The Kier molecular flexibility index (Phi) is 39.4. The first kappa shape index (κ1) is 49.5. The Balaban J connectivity index is 4.17. The Morgan fingerprint density at radius 1 is 0.620 bits per heavy atom. The predicted molar refractivity (Wildman–Crippen MR) is 221 cm³/mol. The average Bonchev–Trinajstić information content (AvgIpc) is 3.10. The molecule has 0 saturated carbocycles. The zero-order valence-corrected chi connectivity index (χ0v) is 35.2. The van der Waals surface area contributed by atoms with E-state index in [1.54, 1.807) is 0 Å². The van der Waals surface area contributed by atoms with Crippen molar-refractivity contribution in [1.29, 1.82) is 0 Å². The molecular weight excluding hydrogens is 731 g/mol. The summed E-state index contributed by atoms with van der Waals surface area (Å²) in [6.45, 7) is 5.40. The summed E-state index contributed by atoms with van der Waals surface area (Å²) in [7, 11) is -4.17. The van der Waals surface area contributed by atoms with Crippen LogP contribution in [0.5, 0.6) is 0 Å². The van der Waals surface area contributed by atoms with Gasteiger partial charge in [-0.05, 0) is 51.4 Å². The van der Waals surface area contributed by atoms with E-state index in [2.05, 4.69) is 78.4 Å². The van der Waals surface area contributed by atoms with Crippen LogP contribution in [-0.4, -0.2) is 47.0 Å². The van der Waals surface area contributed by atoms with Gasteiger partial charge in [0.1, 0.15) is 0 Å². The molecule has 0 aliphatic rings. The van der Waals surface area contributed by atoms with E-state index in [1.807, 2.05) is 0 Å². The number of thioether (sulfide) groups is 1. The number of halogens is 1. The molecule has 292 valence electrons. The summed E-state index contributed by atoms with van der Waals surface area (Å²) in [4.78, 5) is 22.7. The van der Waals surface area contributed by atoms with E-state index in [1.165, 1.54) is 103 Å². The number of hydrogen-bond donors (Lipinski definition) is 1. The summed E-state index contributed by atoms with van der Waals surface area (Å²) in [6.07, 6.45) is 45.9. The van der Waals surface area contributed by atoms with E-state index in [0.29, 0.717) is 25.0 Å². The minimum Gasteiger partial charge on any atom is -0.380 e. The van der Waals surface area contributed by atoms with Gasteiger partial charge >= 0.3 is 7.82 Å².